The van der Waals surface area contributed by atoms with E-state index in [1.54, 1.807) is 12.1 Å². The van der Waals surface area contributed by atoms with Gasteiger partial charge in [-0.2, -0.15) is 4.98 Å². The van der Waals surface area contributed by atoms with Crippen LogP contribution in [0.2, 0.25) is 0 Å². The number of ether oxygens (including phenoxy) is 1. The molecule has 0 bridgehead atoms. The third kappa shape index (κ3) is 5.65. The van der Waals surface area contributed by atoms with Crippen molar-refractivity contribution in [1.29, 1.82) is 0 Å². The first-order valence-corrected chi connectivity index (χ1v) is 10.3. The number of hydrogen-bond acceptors (Lipinski definition) is 5. The quantitative estimate of drug-likeness (QED) is 0.563. The van der Waals surface area contributed by atoms with Crippen molar-refractivity contribution in [3.8, 4) is 17.2 Å². The van der Waals surface area contributed by atoms with E-state index in [2.05, 4.69) is 10.1 Å². The number of piperidine rings is 1. The molecule has 1 saturated heterocycles. The maximum absolute atomic E-state index is 13.1. The molecule has 1 amide bonds. The lowest BCUT2D eigenvalue weighted by Crippen LogP contribution is -2.42. The minimum atomic E-state index is -0.344. The van der Waals surface area contributed by atoms with Crippen LogP contribution < -0.4 is 4.74 Å². The molecule has 1 atom stereocenters. The number of halogens is 2. The standard InChI is InChI=1S/C23H23F2N3O3/c24-18-6-4-17(5-7-18)23-26-21(27-31-23)12-3-16-2-1-13-28(14-16)22(29)15-30-20-10-8-19(25)9-11-20/h4-11,16H,1-3,12-15H2. The molecule has 0 N–H and O–H groups in total. The van der Waals surface area contributed by atoms with E-state index in [4.69, 9.17) is 9.26 Å². The molecule has 2 aromatic carbocycles. The van der Waals surface area contributed by atoms with Crippen LogP contribution in [0, 0.1) is 17.6 Å². The first-order valence-electron chi connectivity index (χ1n) is 10.3. The number of carbonyl (C=O) groups excluding carboxylic acids is 1. The zero-order chi connectivity index (χ0) is 21.6. The Morgan fingerprint density at radius 1 is 1.10 bits per heavy atom. The predicted molar refractivity (Wildman–Crippen MR) is 109 cm³/mol. The zero-order valence-corrected chi connectivity index (χ0v) is 17.0. The van der Waals surface area contributed by atoms with E-state index in [0.29, 0.717) is 48.5 Å². The lowest BCUT2D eigenvalue weighted by Gasteiger charge is -2.32. The van der Waals surface area contributed by atoms with Gasteiger partial charge in [-0.3, -0.25) is 4.79 Å². The summed E-state index contributed by atoms with van der Waals surface area (Å²) in [6.45, 7) is 1.30. The Labute approximate surface area is 178 Å². The van der Waals surface area contributed by atoms with Crippen LogP contribution in [-0.4, -0.2) is 40.6 Å². The molecule has 0 spiro atoms. The van der Waals surface area contributed by atoms with Crippen molar-refractivity contribution in [1.82, 2.24) is 15.0 Å². The van der Waals surface area contributed by atoms with Gasteiger partial charge < -0.3 is 14.2 Å². The van der Waals surface area contributed by atoms with E-state index in [9.17, 15) is 13.6 Å². The molecule has 6 nitrogen and oxygen atoms in total. The fourth-order valence-electron chi connectivity index (χ4n) is 3.69. The number of carbonyl (C=O) groups is 1. The fourth-order valence-corrected chi connectivity index (χ4v) is 3.69. The van der Waals surface area contributed by atoms with Gasteiger partial charge in [0.25, 0.3) is 11.8 Å². The molecule has 1 aromatic heterocycles. The van der Waals surface area contributed by atoms with E-state index < -0.39 is 0 Å². The van der Waals surface area contributed by atoms with Crippen LogP contribution in [0.5, 0.6) is 5.75 Å². The van der Waals surface area contributed by atoms with Crippen molar-refractivity contribution in [2.24, 2.45) is 5.92 Å². The van der Waals surface area contributed by atoms with Gasteiger partial charge in [0, 0.05) is 25.1 Å². The van der Waals surface area contributed by atoms with Crippen LogP contribution in [0.3, 0.4) is 0 Å². The second-order valence-electron chi connectivity index (χ2n) is 7.65. The van der Waals surface area contributed by atoms with E-state index in [1.807, 2.05) is 4.90 Å². The van der Waals surface area contributed by atoms with Crippen LogP contribution in [0.1, 0.15) is 25.1 Å². The maximum Gasteiger partial charge on any atom is 0.260 e. The maximum atomic E-state index is 13.1. The minimum absolute atomic E-state index is 0.0653. The van der Waals surface area contributed by atoms with Gasteiger partial charge in [-0.25, -0.2) is 8.78 Å². The number of amides is 1. The van der Waals surface area contributed by atoms with Crippen LogP contribution in [-0.2, 0) is 11.2 Å². The molecule has 1 aliphatic heterocycles. The highest BCUT2D eigenvalue weighted by atomic mass is 19.1. The van der Waals surface area contributed by atoms with Crippen molar-refractivity contribution in [3.05, 3.63) is 66.0 Å². The molecule has 0 saturated carbocycles. The zero-order valence-electron chi connectivity index (χ0n) is 17.0. The number of hydrogen-bond donors (Lipinski definition) is 0. The van der Waals surface area contributed by atoms with Gasteiger partial charge >= 0.3 is 0 Å². The van der Waals surface area contributed by atoms with Crippen LogP contribution in [0.15, 0.2) is 53.1 Å². The second-order valence-corrected chi connectivity index (χ2v) is 7.65. The third-order valence-corrected chi connectivity index (χ3v) is 5.38. The average molecular weight is 427 g/mol. The Morgan fingerprint density at radius 3 is 2.55 bits per heavy atom. The second kappa shape index (κ2) is 9.68. The number of nitrogens with zero attached hydrogens (tertiary/aromatic N) is 3. The molecule has 1 unspecified atom stereocenters. The molecule has 2 heterocycles. The number of rotatable bonds is 7. The SMILES string of the molecule is O=C(COc1ccc(F)cc1)N1CCCC(CCc2noc(-c3ccc(F)cc3)n2)C1. The Morgan fingerprint density at radius 2 is 1.81 bits per heavy atom. The average Bonchev–Trinajstić information content (AvgIpc) is 3.27. The van der Waals surface area contributed by atoms with Crippen molar-refractivity contribution in [2.75, 3.05) is 19.7 Å². The predicted octanol–water partition coefficient (Wildman–Crippen LogP) is 4.27. The summed E-state index contributed by atoms with van der Waals surface area (Å²) in [5.74, 6) is 1.04. The number of aryl methyl sites for hydroxylation is 1. The van der Waals surface area contributed by atoms with Gasteiger partial charge in [0.2, 0.25) is 0 Å². The van der Waals surface area contributed by atoms with E-state index in [-0.39, 0.29) is 24.1 Å². The van der Waals surface area contributed by atoms with Crippen LogP contribution in [0.4, 0.5) is 8.78 Å². The normalized spacial score (nSPS) is 16.3. The molecule has 31 heavy (non-hydrogen) atoms. The van der Waals surface area contributed by atoms with Crippen LogP contribution in [0.25, 0.3) is 11.5 Å². The van der Waals surface area contributed by atoms with Crippen molar-refractivity contribution in [2.45, 2.75) is 25.7 Å². The molecule has 4 rings (SSSR count). The molecule has 0 radical (unpaired) electrons. The highest BCUT2D eigenvalue weighted by Crippen LogP contribution is 2.23. The summed E-state index contributed by atoms with van der Waals surface area (Å²) in [7, 11) is 0. The Bertz CT molecular complexity index is 1010. The van der Waals surface area contributed by atoms with Crippen molar-refractivity contribution < 1.29 is 22.8 Å². The summed E-state index contributed by atoms with van der Waals surface area (Å²) in [5, 5.41) is 4.02. The minimum Gasteiger partial charge on any atom is -0.484 e. The fraction of sp³-hybridized carbons (Fsp3) is 0.348. The summed E-state index contributed by atoms with van der Waals surface area (Å²) in [6.07, 6.45) is 3.44. The van der Waals surface area contributed by atoms with Gasteiger partial charge in [0.15, 0.2) is 12.4 Å². The van der Waals surface area contributed by atoms with E-state index in [1.165, 1.54) is 36.4 Å². The van der Waals surface area contributed by atoms with Gasteiger partial charge in [0.1, 0.15) is 17.4 Å². The Kier molecular flexibility index (Phi) is 6.54. The molecular weight excluding hydrogens is 404 g/mol. The van der Waals surface area contributed by atoms with Crippen molar-refractivity contribution >= 4 is 5.91 Å². The van der Waals surface area contributed by atoms with Crippen molar-refractivity contribution in [3.63, 3.8) is 0 Å². The molecule has 162 valence electrons. The largest absolute Gasteiger partial charge is 0.484 e. The third-order valence-electron chi connectivity index (χ3n) is 5.38. The summed E-state index contributed by atoms with van der Waals surface area (Å²) in [4.78, 5) is 18.7. The summed E-state index contributed by atoms with van der Waals surface area (Å²) in [6, 6.07) is 11.5. The van der Waals surface area contributed by atoms with Gasteiger partial charge in [-0.1, -0.05) is 5.16 Å². The molecular formula is C23H23F2N3O3. The first-order chi connectivity index (χ1) is 15.1. The first kappa shape index (κ1) is 21.0. The lowest BCUT2D eigenvalue weighted by molar-refractivity contribution is -0.135. The number of benzene rings is 2. The van der Waals surface area contributed by atoms with Gasteiger partial charge in [0.05, 0.1) is 0 Å². The monoisotopic (exact) mass is 427 g/mol. The number of aromatic nitrogens is 2. The molecule has 1 fully saturated rings. The van der Waals surface area contributed by atoms with Crippen LogP contribution >= 0.6 is 0 Å². The Hall–Kier alpha value is -3.29. The summed E-state index contributed by atoms with van der Waals surface area (Å²) >= 11 is 0. The highest BCUT2D eigenvalue weighted by Gasteiger charge is 2.24. The molecule has 3 aromatic rings. The summed E-state index contributed by atoms with van der Waals surface area (Å²) < 4.78 is 36.8. The highest BCUT2D eigenvalue weighted by molar-refractivity contribution is 5.77. The molecule has 0 aliphatic carbocycles. The number of likely N-dealkylation sites (tertiary alicyclic amines) is 1. The smallest absolute Gasteiger partial charge is 0.260 e. The van der Waals surface area contributed by atoms with Gasteiger partial charge in [-0.15, -0.1) is 0 Å². The van der Waals surface area contributed by atoms with Gasteiger partial charge in [-0.05, 0) is 73.7 Å². The van der Waals surface area contributed by atoms with E-state index in [0.717, 1.165) is 19.3 Å². The van der Waals surface area contributed by atoms with E-state index >= 15 is 0 Å². The Balaban J connectivity index is 1.25. The topological polar surface area (TPSA) is 68.5 Å². The molecule has 1 aliphatic rings. The molecule has 8 heteroatoms. The lowest BCUT2D eigenvalue weighted by atomic mass is 9.93. The summed E-state index contributed by atoms with van der Waals surface area (Å²) in [5.41, 5.74) is 0.677.